The minimum atomic E-state index is -0.0722. The molecule has 0 aliphatic rings. The smallest absolute Gasteiger partial charge is 0.178 e. The molecule has 0 atom stereocenters. The predicted molar refractivity (Wildman–Crippen MR) is 305 cm³/mol. The molecule has 71 heavy (non-hydrogen) atoms. The number of para-hydroxylation sites is 4. The second-order valence-electron chi connectivity index (χ2n) is 24.0. The van der Waals surface area contributed by atoms with Gasteiger partial charge in [-0.3, -0.25) is 0 Å². The molecule has 0 fully saturated rings. The van der Waals surface area contributed by atoms with Crippen LogP contribution in [0.15, 0.2) is 173 Å². The van der Waals surface area contributed by atoms with Gasteiger partial charge in [-0.05, 0) is 157 Å². The minimum absolute atomic E-state index is 0.0719. The van der Waals surface area contributed by atoms with Crippen LogP contribution in [-0.2, 0) is 21.7 Å². The van der Waals surface area contributed by atoms with Gasteiger partial charge in [0.25, 0.3) is 0 Å². The quantitative estimate of drug-likeness (QED) is 0.166. The number of hydrogen-bond acceptors (Lipinski definition) is 4. The van der Waals surface area contributed by atoms with E-state index in [0.717, 1.165) is 82.4 Å². The predicted octanol–water partition coefficient (Wildman–Crippen LogP) is 20.2. The number of fused-ring (bicyclic) bond motifs is 9. The fourth-order valence-electron chi connectivity index (χ4n) is 11.1. The maximum atomic E-state index is 6.99. The van der Waals surface area contributed by atoms with E-state index in [2.05, 4.69) is 264 Å². The SMILES string of the molecule is Cc1cc2c3cc4ccc(N(c5ccccc5C(C)(C)C)c5ccccc5C(C)(C)C)cc4cc3oc2c2oc3cc4cc(N(c5ccccc5C(C)(C)C)c5ccccc5C(C)(C)C)ccc4cc3c12. The molecular formula is C67H66N2O2. The average Bonchev–Trinajstić information content (AvgIpc) is 3.87. The molecular weight excluding hydrogens is 865 g/mol. The zero-order valence-electron chi connectivity index (χ0n) is 43.8. The molecule has 4 heteroatoms. The van der Waals surface area contributed by atoms with Crippen molar-refractivity contribution in [2.45, 2.75) is 112 Å². The van der Waals surface area contributed by atoms with Crippen molar-refractivity contribution in [3.05, 3.63) is 192 Å². The van der Waals surface area contributed by atoms with E-state index in [1.54, 1.807) is 0 Å². The molecule has 11 rings (SSSR count). The molecule has 0 radical (unpaired) electrons. The molecule has 2 aromatic heterocycles. The van der Waals surface area contributed by atoms with Crippen molar-refractivity contribution in [3.63, 3.8) is 0 Å². The lowest BCUT2D eigenvalue weighted by Crippen LogP contribution is -2.22. The lowest BCUT2D eigenvalue weighted by atomic mass is 9.83. The second-order valence-corrected chi connectivity index (χ2v) is 24.0. The van der Waals surface area contributed by atoms with Crippen molar-refractivity contribution in [3.8, 4) is 0 Å². The Morgan fingerprint density at radius 3 is 1.07 bits per heavy atom. The third-order valence-electron chi connectivity index (χ3n) is 14.6. The molecule has 356 valence electrons. The summed E-state index contributed by atoms with van der Waals surface area (Å²) in [7, 11) is 0. The molecule has 0 aliphatic heterocycles. The van der Waals surface area contributed by atoms with Crippen LogP contribution in [0.1, 0.15) is 111 Å². The molecule has 0 saturated carbocycles. The zero-order chi connectivity index (χ0) is 49.9. The first-order valence-electron chi connectivity index (χ1n) is 25.3. The van der Waals surface area contributed by atoms with E-state index in [9.17, 15) is 0 Å². The molecule has 4 nitrogen and oxygen atoms in total. The van der Waals surface area contributed by atoms with Crippen LogP contribution in [0, 0.1) is 6.92 Å². The number of furan rings is 2. The zero-order valence-corrected chi connectivity index (χ0v) is 43.8. The molecule has 0 bridgehead atoms. The first kappa shape index (κ1) is 46.1. The fraction of sp³-hybridized carbons (Fsp3) is 0.254. The first-order chi connectivity index (χ1) is 33.6. The number of anilines is 6. The monoisotopic (exact) mass is 931 g/mol. The van der Waals surface area contributed by atoms with Gasteiger partial charge in [-0.1, -0.05) is 168 Å². The Balaban J connectivity index is 1.07. The minimum Gasteiger partial charge on any atom is -0.452 e. The normalized spacial score (nSPS) is 12.9. The second kappa shape index (κ2) is 16.4. The van der Waals surface area contributed by atoms with Crippen molar-refractivity contribution in [2.24, 2.45) is 0 Å². The number of rotatable bonds is 6. The highest BCUT2D eigenvalue weighted by Crippen LogP contribution is 2.49. The molecule has 2 heterocycles. The van der Waals surface area contributed by atoms with E-state index >= 15 is 0 Å². The van der Waals surface area contributed by atoms with E-state index in [1.165, 1.54) is 45.0 Å². The highest BCUT2D eigenvalue weighted by molar-refractivity contribution is 6.22. The molecule has 0 aliphatic carbocycles. The molecule has 0 N–H and O–H groups in total. The lowest BCUT2D eigenvalue weighted by molar-refractivity contribution is 0.586. The number of hydrogen-bond donors (Lipinski definition) is 0. The molecule has 11 aromatic rings. The number of benzene rings is 9. The average molecular weight is 931 g/mol. The van der Waals surface area contributed by atoms with E-state index in [0.29, 0.717) is 0 Å². The summed E-state index contributed by atoms with van der Waals surface area (Å²) in [5.41, 5.74) is 16.2. The Bertz CT molecular complexity index is 3780. The van der Waals surface area contributed by atoms with Gasteiger partial charge >= 0.3 is 0 Å². The largest absolute Gasteiger partial charge is 0.452 e. The van der Waals surface area contributed by atoms with Gasteiger partial charge in [0.15, 0.2) is 11.2 Å². The standard InChI is InChI=1S/C67H66N2O2/c1-41-34-49-48-37-42-30-32-46(68(55-26-18-14-22-51(55)64(2,3)4)56-27-19-15-23-52(56)65(5,6)7)35-44(42)39-59(48)70-62(49)63-61(41)50-38-43-31-33-47(36-45(43)40-60(50)71-63)69(57-28-20-16-24-53(57)66(8,9)10)58-29-21-17-25-54(58)67(11,12)13/h14-40H,1-13H3. The van der Waals surface area contributed by atoms with Gasteiger partial charge in [-0.15, -0.1) is 0 Å². The summed E-state index contributed by atoms with van der Waals surface area (Å²) in [5.74, 6) is 0. The summed E-state index contributed by atoms with van der Waals surface area (Å²) in [6, 6.07) is 60.5. The maximum Gasteiger partial charge on any atom is 0.178 e. The van der Waals surface area contributed by atoms with Crippen molar-refractivity contribution in [1.29, 1.82) is 0 Å². The molecule has 9 aromatic carbocycles. The third-order valence-corrected chi connectivity index (χ3v) is 14.6. The first-order valence-corrected chi connectivity index (χ1v) is 25.3. The topological polar surface area (TPSA) is 32.8 Å². The van der Waals surface area contributed by atoms with Gasteiger partial charge in [0.2, 0.25) is 0 Å². The summed E-state index contributed by atoms with van der Waals surface area (Å²) in [4.78, 5) is 4.93. The van der Waals surface area contributed by atoms with E-state index in [-0.39, 0.29) is 21.7 Å². The van der Waals surface area contributed by atoms with E-state index in [1.807, 2.05) is 0 Å². The van der Waals surface area contributed by atoms with Crippen molar-refractivity contribution in [1.82, 2.24) is 0 Å². The van der Waals surface area contributed by atoms with Crippen molar-refractivity contribution < 1.29 is 8.83 Å². The summed E-state index contributed by atoms with van der Waals surface area (Å²) < 4.78 is 14.0. The summed E-state index contributed by atoms with van der Waals surface area (Å²) >= 11 is 0. The summed E-state index contributed by atoms with van der Waals surface area (Å²) in [6.07, 6.45) is 0. The summed E-state index contributed by atoms with van der Waals surface area (Å²) in [6.45, 7) is 29.8. The van der Waals surface area contributed by atoms with E-state index < -0.39 is 0 Å². The maximum absolute atomic E-state index is 6.99. The highest BCUT2D eigenvalue weighted by Gasteiger charge is 2.30. The molecule has 0 saturated heterocycles. The highest BCUT2D eigenvalue weighted by atomic mass is 16.4. The third kappa shape index (κ3) is 7.93. The van der Waals surface area contributed by atoms with Gasteiger partial charge < -0.3 is 18.6 Å². The summed E-state index contributed by atoms with van der Waals surface area (Å²) in [5, 5.41) is 8.88. The van der Waals surface area contributed by atoms with Crippen molar-refractivity contribution >= 4 is 99.5 Å². The Labute approximate surface area is 419 Å². The van der Waals surface area contributed by atoms with Crippen LogP contribution in [-0.4, -0.2) is 0 Å². The van der Waals surface area contributed by atoms with Crippen LogP contribution in [0.4, 0.5) is 34.1 Å². The van der Waals surface area contributed by atoms with Crippen LogP contribution in [0.25, 0.3) is 65.4 Å². The molecule has 0 unspecified atom stereocenters. The Morgan fingerprint density at radius 2 is 0.676 bits per heavy atom. The molecule has 0 amide bonds. The van der Waals surface area contributed by atoms with E-state index in [4.69, 9.17) is 8.83 Å². The van der Waals surface area contributed by atoms with Crippen LogP contribution in [0.5, 0.6) is 0 Å². The van der Waals surface area contributed by atoms with Crippen LogP contribution < -0.4 is 9.80 Å². The number of nitrogens with zero attached hydrogens (tertiary/aromatic N) is 2. The van der Waals surface area contributed by atoms with Gasteiger partial charge in [-0.2, -0.15) is 0 Å². The Morgan fingerprint density at radius 1 is 0.324 bits per heavy atom. The van der Waals surface area contributed by atoms with Gasteiger partial charge in [0, 0.05) is 55.7 Å². The molecule has 0 spiro atoms. The van der Waals surface area contributed by atoms with Crippen LogP contribution in [0.3, 0.4) is 0 Å². The Kier molecular flexibility index (Phi) is 10.6. The van der Waals surface area contributed by atoms with Crippen molar-refractivity contribution in [2.75, 3.05) is 9.80 Å². The van der Waals surface area contributed by atoms with Gasteiger partial charge in [0.1, 0.15) is 11.2 Å². The fourth-order valence-corrected chi connectivity index (χ4v) is 11.1. The Hall–Kier alpha value is -7.30. The lowest BCUT2D eigenvalue weighted by Gasteiger charge is -2.35. The van der Waals surface area contributed by atoms with Gasteiger partial charge in [-0.25, -0.2) is 0 Å². The number of aryl methyl sites for hydroxylation is 1. The van der Waals surface area contributed by atoms with Gasteiger partial charge in [0.05, 0.1) is 0 Å². The van der Waals surface area contributed by atoms with Crippen LogP contribution in [0.2, 0.25) is 0 Å². The van der Waals surface area contributed by atoms with Crippen LogP contribution >= 0.6 is 0 Å².